The van der Waals surface area contributed by atoms with Gasteiger partial charge in [-0.1, -0.05) is 0 Å². The van der Waals surface area contributed by atoms with Gasteiger partial charge in [0, 0.05) is 25.0 Å². The topological polar surface area (TPSA) is 92.3 Å². The molecule has 0 unspecified atom stereocenters. The molecule has 0 aromatic rings. The smallest absolute Gasteiger partial charge is 0.0426 e. The number of carboxylic acids is 2. The van der Waals surface area contributed by atoms with Crippen LogP contribution in [-0.2, 0) is 9.59 Å². The van der Waals surface area contributed by atoms with Crippen LogP contribution in [0.2, 0.25) is 0 Å². The number of carboxylic acid groups (broad SMARTS) is 2. The maximum atomic E-state index is 9.82. The Kier molecular flexibility index (Phi) is 5.10. The molecule has 0 rings (SSSR count). The zero-order valence-corrected chi connectivity index (χ0v) is 5.96. The number of hydrogen-bond donors (Lipinski definition) is 1. The van der Waals surface area contributed by atoms with Crippen molar-refractivity contribution in [2.75, 3.05) is 13.1 Å². The minimum atomic E-state index is -1.15. The Bertz CT molecular complexity index is 130. The largest absolute Gasteiger partial charge is 0.550 e. The first-order valence-corrected chi connectivity index (χ1v) is 3.23. The van der Waals surface area contributed by atoms with Gasteiger partial charge in [0.05, 0.1) is 0 Å². The summed E-state index contributed by atoms with van der Waals surface area (Å²) in [6.45, 7) is 0.464. The number of carbonyl (C=O) groups excluding carboxylic acids is 2. The van der Waals surface area contributed by atoms with Gasteiger partial charge in [-0.15, -0.1) is 0 Å². The molecule has 0 saturated heterocycles. The van der Waals surface area contributed by atoms with Gasteiger partial charge >= 0.3 is 0 Å². The number of carbonyl (C=O) groups is 2. The van der Waals surface area contributed by atoms with E-state index >= 15 is 0 Å². The first-order valence-electron chi connectivity index (χ1n) is 3.23. The fourth-order valence-electron chi connectivity index (χ4n) is 0.506. The summed E-state index contributed by atoms with van der Waals surface area (Å²) in [4.78, 5) is 19.6. The number of hydrogen-bond acceptors (Lipinski definition) is 5. The molecular formula is C6H9NO4-2. The average molecular weight is 159 g/mol. The van der Waals surface area contributed by atoms with E-state index in [1.807, 2.05) is 0 Å². The second-order valence-corrected chi connectivity index (χ2v) is 1.99. The molecule has 0 aromatic heterocycles. The molecule has 0 aliphatic heterocycles. The third-order valence-corrected chi connectivity index (χ3v) is 1.01. The molecule has 5 heteroatoms. The van der Waals surface area contributed by atoms with E-state index in [-0.39, 0.29) is 25.9 Å². The van der Waals surface area contributed by atoms with Crippen molar-refractivity contribution < 1.29 is 19.8 Å². The minimum absolute atomic E-state index is 0.104. The van der Waals surface area contributed by atoms with E-state index < -0.39 is 11.9 Å². The molecule has 5 nitrogen and oxygen atoms in total. The fourth-order valence-corrected chi connectivity index (χ4v) is 0.506. The Morgan fingerprint density at radius 1 is 1.00 bits per heavy atom. The number of nitrogens with one attached hydrogen (secondary N) is 1. The van der Waals surface area contributed by atoms with Crippen molar-refractivity contribution in [1.82, 2.24) is 5.32 Å². The van der Waals surface area contributed by atoms with E-state index in [9.17, 15) is 19.8 Å². The van der Waals surface area contributed by atoms with Gasteiger partial charge in [-0.05, 0) is 12.8 Å². The van der Waals surface area contributed by atoms with Crippen molar-refractivity contribution in [2.24, 2.45) is 0 Å². The molecule has 1 N–H and O–H groups in total. The van der Waals surface area contributed by atoms with Gasteiger partial charge in [-0.25, -0.2) is 0 Å². The van der Waals surface area contributed by atoms with Crippen LogP contribution in [0.5, 0.6) is 0 Å². The third kappa shape index (κ3) is 8.90. The van der Waals surface area contributed by atoms with Crippen LogP contribution in [0.3, 0.4) is 0 Å². The van der Waals surface area contributed by atoms with Crippen molar-refractivity contribution >= 4 is 11.9 Å². The van der Waals surface area contributed by atoms with Crippen molar-refractivity contribution in [3.05, 3.63) is 0 Å². The number of aliphatic carboxylic acids is 2. The second-order valence-electron chi connectivity index (χ2n) is 1.99. The summed E-state index contributed by atoms with van der Waals surface area (Å²) < 4.78 is 0. The van der Waals surface area contributed by atoms with Gasteiger partial charge in [0.25, 0.3) is 0 Å². The highest BCUT2D eigenvalue weighted by atomic mass is 16.4. The molecule has 0 saturated carbocycles. The first kappa shape index (κ1) is 9.90. The van der Waals surface area contributed by atoms with Gasteiger partial charge in [-0.2, -0.15) is 0 Å². The molecule has 0 bridgehead atoms. The highest BCUT2D eigenvalue weighted by Gasteiger charge is 1.88. The molecule has 11 heavy (non-hydrogen) atoms. The van der Waals surface area contributed by atoms with Crippen LogP contribution in [0.4, 0.5) is 0 Å². The summed E-state index contributed by atoms with van der Waals surface area (Å²) >= 11 is 0. The summed E-state index contributed by atoms with van der Waals surface area (Å²) in [5, 5.41) is 22.2. The molecule has 0 aromatic carbocycles. The molecule has 0 fully saturated rings. The fraction of sp³-hybridized carbons (Fsp3) is 0.667. The second kappa shape index (κ2) is 5.67. The molecule has 0 amide bonds. The highest BCUT2D eigenvalue weighted by Crippen LogP contribution is 1.74. The van der Waals surface area contributed by atoms with E-state index in [0.29, 0.717) is 0 Å². The Hall–Kier alpha value is -1.10. The summed E-state index contributed by atoms with van der Waals surface area (Å²) in [6, 6.07) is 0. The predicted molar refractivity (Wildman–Crippen MR) is 32.1 cm³/mol. The Labute approximate surface area is 64.0 Å². The van der Waals surface area contributed by atoms with Crippen molar-refractivity contribution in [1.29, 1.82) is 0 Å². The first-order chi connectivity index (χ1) is 5.13. The lowest BCUT2D eigenvalue weighted by molar-refractivity contribution is -0.306. The lowest BCUT2D eigenvalue weighted by Crippen LogP contribution is -2.31. The summed E-state index contributed by atoms with van der Waals surface area (Å²) in [5.74, 6) is -2.29. The molecule has 0 atom stereocenters. The Balaban J connectivity index is 3.03. The maximum absolute atomic E-state index is 9.82. The van der Waals surface area contributed by atoms with Gasteiger partial charge in [0.2, 0.25) is 0 Å². The summed E-state index contributed by atoms with van der Waals surface area (Å²) in [7, 11) is 0. The quantitative estimate of drug-likeness (QED) is 0.413. The summed E-state index contributed by atoms with van der Waals surface area (Å²) in [5.41, 5.74) is 0. The number of rotatable bonds is 6. The molecule has 0 aliphatic carbocycles. The summed E-state index contributed by atoms with van der Waals surface area (Å²) in [6.07, 6.45) is -0.208. The highest BCUT2D eigenvalue weighted by molar-refractivity contribution is 5.65. The van der Waals surface area contributed by atoms with Crippen LogP contribution in [-0.4, -0.2) is 25.0 Å². The lowest BCUT2D eigenvalue weighted by atomic mass is 10.4. The zero-order valence-electron chi connectivity index (χ0n) is 5.96. The van der Waals surface area contributed by atoms with Crippen molar-refractivity contribution in [3.8, 4) is 0 Å². The Morgan fingerprint density at radius 2 is 1.36 bits per heavy atom. The van der Waals surface area contributed by atoms with E-state index in [0.717, 1.165) is 0 Å². The van der Waals surface area contributed by atoms with Crippen LogP contribution in [0.15, 0.2) is 0 Å². The van der Waals surface area contributed by atoms with Crippen LogP contribution in [0.25, 0.3) is 0 Å². The SMILES string of the molecule is O=C([O-])CCNCCC(=O)[O-]. The molecular weight excluding hydrogens is 150 g/mol. The third-order valence-electron chi connectivity index (χ3n) is 1.01. The average Bonchev–Trinajstić information content (AvgIpc) is 1.85. The minimum Gasteiger partial charge on any atom is -0.550 e. The molecule has 0 radical (unpaired) electrons. The van der Waals surface area contributed by atoms with Crippen LogP contribution < -0.4 is 15.5 Å². The van der Waals surface area contributed by atoms with Crippen LogP contribution in [0, 0.1) is 0 Å². The normalized spacial score (nSPS) is 9.45. The van der Waals surface area contributed by atoms with E-state index in [2.05, 4.69) is 5.32 Å². The standard InChI is InChI=1S/C6H11NO4/c8-5(9)1-3-7-4-2-6(10)11/h7H,1-4H2,(H,8,9)(H,10,11)/p-2. The molecule has 0 spiro atoms. The molecule has 0 heterocycles. The van der Waals surface area contributed by atoms with Gasteiger partial charge in [0.15, 0.2) is 0 Å². The van der Waals surface area contributed by atoms with Crippen molar-refractivity contribution in [3.63, 3.8) is 0 Å². The van der Waals surface area contributed by atoms with E-state index in [1.165, 1.54) is 0 Å². The molecule has 64 valence electrons. The van der Waals surface area contributed by atoms with Gasteiger partial charge < -0.3 is 25.1 Å². The van der Waals surface area contributed by atoms with E-state index in [1.54, 1.807) is 0 Å². The van der Waals surface area contributed by atoms with Gasteiger partial charge in [0.1, 0.15) is 0 Å². The molecule has 0 aliphatic rings. The Morgan fingerprint density at radius 3 is 1.64 bits per heavy atom. The van der Waals surface area contributed by atoms with Crippen LogP contribution in [0.1, 0.15) is 12.8 Å². The van der Waals surface area contributed by atoms with Crippen molar-refractivity contribution in [2.45, 2.75) is 12.8 Å². The van der Waals surface area contributed by atoms with E-state index in [4.69, 9.17) is 0 Å². The van der Waals surface area contributed by atoms with Gasteiger partial charge in [-0.3, -0.25) is 0 Å². The zero-order chi connectivity index (χ0) is 8.69. The lowest BCUT2D eigenvalue weighted by Gasteiger charge is -2.04. The maximum Gasteiger partial charge on any atom is 0.0426 e. The predicted octanol–water partition coefficient (Wildman–Crippen LogP) is -3.14. The monoisotopic (exact) mass is 159 g/mol. The van der Waals surface area contributed by atoms with Crippen LogP contribution >= 0.6 is 0 Å².